The van der Waals surface area contributed by atoms with Crippen LogP contribution in [0.15, 0.2) is 22.8 Å². The predicted octanol–water partition coefficient (Wildman–Crippen LogP) is 0.258. The van der Waals surface area contributed by atoms with Crippen LogP contribution in [-0.2, 0) is 25.7 Å². The van der Waals surface area contributed by atoms with Gasteiger partial charge in [-0.05, 0) is 43.9 Å². The van der Waals surface area contributed by atoms with Crippen molar-refractivity contribution < 1.29 is 46.9 Å². The number of carboxylic acids is 1. The second-order valence-electron chi connectivity index (χ2n) is 8.12. The number of amides is 2. The number of hydrogen-bond acceptors (Lipinski definition) is 7. The first kappa shape index (κ1) is 25.0. The summed E-state index contributed by atoms with van der Waals surface area (Å²) >= 11 is 0. The maximum Gasteiger partial charge on any atom is 0.490 e. The molecule has 5 atom stereocenters. The smallest absolute Gasteiger partial charge is 0.475 e. The minimum absolute atomic E-state index is 0.0669. The number of furan rings is 1. The van der Waals surface area contributed by atoms with Crippen LogP contribution in [0, 0.1) is 5.92 Å². The van der Waals surface area contributed by atoms with Gasteiger partial charge in [0.15, 0.2) is 0 Å². The average molecular weight is 477 g/mol. The predicted molar refractivity (Wildman–Crippen MR) is 105 cm³/mol. The molecule has 1 aromatic heterocycles. The van der Waals surface area contributed by atoms with Gasteiger partial charge in [-0.2, -0.15) is 13.2 Å². The number of aliphatic hydroxyl groups is 1. The molecule has 10 nitrogen and oxygen atoms in total. The summed E-state index contributed by atoms with van der Waals surface area (Å²) in [6, 6.07) is 3.08. The number of piperidine rings is 1. The van der Waals surface area contributed by atoms with Gasteiger partial charge in [-0.3, -0.25) is 9.59 Å². The Labute approximate surface area is 187 Å². The monoisotopic (exact) mass is 477 g/mol. The highest BCUT2D eigenvalue weighted by Gasteiger charge is 2.44. The zero-order valence-corrected chi connectivity index (χ0v) is 17.6. The molecule has 1 unspecified atom stereocenters. The number of rotatable bonds is 4. The molecule has 3 fully saturated rings. The molecule has 0 radical (unpaired) electrons. The molecule has 184 valence electrons. The molecular weight excluding hydrogens is 451 g/mol. The van der Waals surface area contributed by atoms with Crippen LogP contribution in [0.25, 0.3) is 0 Å². The summed E-state index contributed by atoms with van der Waals surface area (Å²) in [7, 11) is 0. The largest absolute Gasteiger partial charge is 0.490 e. The van der Waals surface area contributed by atoms with E-state index in [1.807, 2.05) is 6.07 Å². The molecule has 0 spiro atoms. The minimum atomic E-state index is -5.08. The number of carbonyl (C=O) groups excluding carboxylic acids is 2. The van der Waals surface area contributed by atoms with Gasteiger partial charge in [0.05, 0.1) is 25.0 Å². The molecule has 13 heteroatoms. The van der Waals surface area contributed by atoms with Crippen molar-refractivity contribution in [3.63, 3.8) is 0 Å². The second kappa shape index (κ2) is 10.5. The van der Waals surface area contributed by atoms with Crippen LogP contribution >= 0.6 is 0 Å². The molecule has 0 bridgehead atoms. The summed E-state index contributed by atoms with van der Waals surface area (Å²) in [5, 5.41) is 23.0. The van der Waals surface area contributed by atoms with Crippen molar-refractivity contribution in [2.75, 3.05) is 19.6 Å². The third kappa shape index (κ3) is 6.45. The number of carbonyl (C=O) groups is 3. The number of nitrogens with one attached hydrogen (secondary N) is 2. The van der Waals surface area contributed by atoms with Gasteiger partial charge in [0.25, 0.3) is 0 Å². The Morgan fingerprint density at radius 3 is 2.58 bits per heavy atom. The SMILES string of the molecule is O=C(NCc1ccco1)[C@@H]1C[C@H]2CCN(C(=O)C3NCC[C@@H]3O)C[C@@H]2O1.O=C(O)C(F)(F)F. The maximum absolute atomic E-state index is 12.6. The van der Waals surface area contributed by atoms with Crippen molar-refractivity contribution in [3.8, 4) is 0 Å². The molecule has 0 aliphatic carbocycles. The summed E-state index contributed by atoms with van der Waals surface area (Å²) in [4.78, 5) is 35.6. The second-order valence-corrected chi connectivity index (χ2v) is 8.12. The highest BCUT2D eigenvalue weighted by molar-refractivity contribution is 5.83. The Morgan fingerprint density at radius 2 is 2.00 bits per heavy atom. The molecule has 3 aliphatic heterocycles. The zero-order valence-electron chi connectivity index (χ0n) is 17.6. The highest BCUT2D eigenvalue weighted by atomic mass is 19.4. The summed E-state index contributed by atoms with van der Waals surface area (Å²) in [5.41, 5.74) is 0. The molecule has 3 saturated heterocycles. The van der Waals surface area contributed by atoms with Crippen LogP contribution in [0.2, 0.25) is 0 Å². The van der Waals surface area contributed by atoms with Crippen LogP contribution < -0.4 is 10.6 Å². The zero-order chi connectivity index (χ0) is 24.2. The van der Waals surface area contributed by atoms with Gasteiger partial charge in [0.1, 0.15) is 17.9 Å². The van der Waals surface area contributed by atoms with E-state index in [0.29, 0.717) is 50.7 Å². The average Bonchev–Trinajstić information content (AvgIpc) is 3.51. The van der Waals surface area contributed by atoms with E-state index in [0.717, 1.165) is 6.42 Å². The molecule has 0 saturated carbocycles. The Kier molecular flexibility index (Phi) is 7.97. The molecule has 4 heterocycles. The minimum Gasteiger partial charge on any atom is -0.475 e. The first-order chi connectivity index (χ1) is 15.6. The fourth-order valence-electron chi connectivity index (χ4n) is 4.14. The molecule has 4 N–H and O–H groups in total. The summed E-state index contributed by atoms with van der Waals surface area (Å²) in [6.45, 7) is 2.13. The number of alkyl halides is 3. The van der Waals surface area contributed by atoms with Gasteiger partial charge in [0.2, 0.25) is 11.8 Å². The lowest BCUT2D eigenvalue weighted by Gasteiger charge is -2.35. The highest BCUT2D eigenvalue weighted by Crippen LogP contribution is 2.33. The van der Waals surface area contributed by atoms with Crippen molar-refractivity contribution >= 4 is 17.8 Å². The van der Waals surface area contributed by atoms with Crippen molar-refractivity contribution in [2.24, 2.45) is 5.92 Å². The van der Waals surface area contributed by atoms with Gasteiger partial charge in [-0.15, -0.1) is 0 Å². The van der Waals surface area contributed by atoms with Gasteiger partial charge in [0, 0.05) is 13.1 Å². The van der Waals surface area contributed by atoms with Crippen LogP contribution in [0.3, 0.4) is 0 Å². The van der Waals surface area contributed by atoms with Crippen molar-refractivity contribution in [3.05, 3.63) is 24.2 Å². The lowest BCUT2D eigenvalue weighted by atomic mass is 9.91. The standard InChI is InChI=1S/C18H25N3O5.C2HF3O2/c22-13-3-5-19-16(13)18(24)21-6-4-11-8-14(26-15(11)10-21)17(23)20-9-12-2-1-7-25-12;3-2(4,5)1(6)7/h1-2,7,11,13-16,19,22H,3-6,8-10H2,(H,20,23);(H,6,7)/t11-,13+,14+,15+,16?;/m1./s1. The van der Waals surface area contributed by atoms with Crippen LogP contribution in [0.5, 0.6) is 0 Å². The van der Waals surface area contributed by atoms with Gasteiger partial charge >= 0.3 is 12.1 Å². The number of halogens is 3. The van der Waals surface area contributed by atoms with E-state index in [9.17, 15) is 27.9 Å². The third-order valence-electron chi connectivity index (χ3n) is 5.87. The molecule has 1 aromatic rings. The first-order valence-electron chi connectivity index (χ1n) is 10.5. The van der Waals surface area contributed by atoms with Crippen molar-refractivity contribution in [1.82, 2.24) is 15.5 Å². The number of likely N-dealkylation sites (tertiary alicyclic amines) is 1. The number of ether oxygens (including phenoxy) is 1. The maximum atomic E-state index is 12.6. The fraction of sp³-hybridized carbons (Fsp3) is 0.650. The Hall–Kier alpha value is -2.64. The number of aliphatic carboxylic acids is 1. The van der Waals surface area contributed by atoms with Gasteiger partial charge in [-0.1, -0.05) is 0 Å². The molecule has 33 heavy (non-hydrogen) atoms. The molecule has 0 aromatic carbocycles. The van der Waals surface area contributed by atoms with E-state index in [-0.39, 0.29) is 17.9 Å². The van der Waals surface area contributed by atoms with Crippen LogP contribution in [0.1, 0.15) is 25.0 Å². The Balaban J connectivity index is 0.000000383. The Morgan fingerprint density at radius 1 is 1.27 bits per heavy atom. The Bertz CT molecular complexity index is 833. The lowest BCUT2D eigenvalue weighted by Crippen LogP contribution is -2.53. The van der Waals surface area contributed by atoms with E-state index in [1.54, 1.807) is 17.2 Å². The van der Waals surface area contributed by atoms with E-state index in [2.05, 4.69) is 10.6 Å². The van der Waals surface area contributed by atoms with Gasteiger partial charge < -0.3 is 34.9 Å². The normalized spacial score (nSPS) is 29.1. The van der Waals surface area contributed by atoms with Crippen LogP contribution in [-0.4, -0.2) is 83.1 Å². The molecular formula is C20H26F3N3O7. The van der Waals surface area contributed by atoms with E-state index >= 15 is 0 Å². The summed E-state index contributed by atoms with van der Waals surface area (Å²) in [5.74, 6) is -1.97. The first-order valence-corrected chi connectivity index (χ1v) is 10.5. The van der Waals surface area contributed by atoms with Crippen molar-refractivity contribution in [2.45, 2.75) is 56.3 Å². The summed E-state index contributed by atoms with van der Waals surface area (Å²) in [6.07, 6.45) is -2.63. The van der Waals surface area contributed by atoms with E-state index < -0.39 is 30.4 Å². The molecule has 4 rings (SSSR count). The number of fused-ring (bicyclic) bond motifs is 1. The third-order valence-corrected chi connectivity index (χ3v) is 5.87. The van der Waals surface area contributed by atoms with Crippen molar-refractivity contribution in [1.29, 1.82) is 0 Å². The quantitative estimate of drug-likeness (QED) is 0.484. The topological polar surface area (TPSA) is 141 Å². The van der Waals surface area contributed by atoms with Gasteiger partial charge in [-0.25, -0.2) is 4.79 Å². The molecule has 2 amide bonds. The number of aliphatic hydroxyl groups excluding tert-OH is 1. The van der Waals surface area contributed by atoms with E-state index in [4.69, 9.17) is 19.1 Å². The number of nitrogens with zero attached hydrogens (tertiary/aromatic N) is 1. The number of hydrogen-bond donors (Lipinski definition) is 4. The van der Waals surface area contributed by atoms with E-state index in [1.165, 1.54) is 0 Å². The number of carboxylic acid groups (broad SMARTS) is 1. The lowest BCUT2D eigenvalue weighted by molar-refractivity contribution is -0.192. The molecule has 3 aliphatic rings. The van der Waals surface area contributed by atoms with Crippen LogP contribution in [0.4, 0.5) is 13.2 Å². The summed E-state index contributed by atoms with van der Waals surface area (Å²) < 4.78 is 42.9. The fourth-order valence-corrected chi connectivity index (χ4v) is 4.14.